The lowest BCUT2D eigenvalue weighted by atomic mass is 10.4. The summed E-state index contributed by atoms with van der Waals surface area (Å²) in [5, 5.41) is 4.38. The SMILES string of the molecule is COCCNCc1cn(Cc2cnc(C)s2)cn1. The quantitative estimate of drug-likeness (QED) is 0.770. The highest BCUT2D eigenvalue weighted by atomic mass is 32.1. The van der Waals surface area contributed by atoms with Gasteiger partial charge in [-0.2, -0.15) is 0 Å². The van der Waals surface area contributed by atoms with E-state index in [4.69, 9.17) is 4.74 Å². The molecule has 0 atom stereocenters. The highest BCUT2D eigenvalue weighted by Crippen LogP contribution is 2.13. The molecule has 2 aromatic heterocycles. The normalized spacial score (nSPS) is 11.0. The van der Waals surface area contributed by atoms with Crippen LogP contribution in [0.3, 0.4) is 0 Å². The zero-order valence-corrected chi connectivity index (χ0v) is 11.5. The van der Waals surface area contributed by atoms with Gasteiger partial charge in [-0.05, 0) is 6.92 Å². The maximum atomic E-state index is 4.97. The summed E-state index contributed by atoms with van der Waals surface area (Å²) >= 11 is 1.72. The first-order valence-corrected chi connectivity index (χ1v) is 6.71. The summed E-state index contributed by atoms with van der Waals surface area (Å²) in [6.07, 6.45) is 5.85. The molecule has 2 heterocycles. The van der Waals surface area contributed by atoms with Crippen molar-refractivity contribution in [2.24, 2.45) is 0 Å². The van der Waals surface area contributed by atoms with E-state index in [1.807, 2.05) is 19.4 Å². The number of nitrogens with zero attached hydrogens (tertiary/aromatic N) is 3. The number of methoxy groups -OCH3 is 1. The van der Waals surface area contributed by atoms with Crippen LogP contribution < -0.4 is 5.32 Å². The van der Waals surface area contributed by atoms with Gasteiger partial charge in [0.25, 0.3) is 0 Å². The average Bonchev–Trinajstić information content (AvgIpc) is 2.95. The largest absolute Gasteiger partial charge is 0.383 e. The molecule has 0 aliphatic carbocycles. The zero-order valence-electron chi connectivity index (χ0n) is 10.7. The third kappa shape index (κ3) is 3.90. The van der Waals surface area contributed by atoms with Crippen molar-refractivity contribution >= 4 is 11.3 Å². The summed E-state index contributed by atoms with van der Waals surface area (Å²) in [6.45, 7) is 5.21. The second kappa shape index (κ2) is 6.63. The molecular formula is C12H18N4OS. The van der Waals surface area contributed by atoms with Crippen LogP contribution in [0.5, 0.6) is 0 Å². The summed E-state index contributed by atoms with van der Waals surface area (Å²) in [5.74, 6) is 0. The fraction of sp³-hybridized carbons (Fsp3) is 0.500. The van der Waals surface area contributed by atoms with Crippen molar-refractivity contribution in [3.63, 3.8) is 0 Å². The van der Waals surface area contributed by atoms with Crippen molar-refractivity contribution in [2.75, 3.05) is 20.3 Å². The topological polar surface area (TPSA) is 52.0 Å². The maximum absolute atomic E-state index is 4.97. The van der Waals surface area contributed by atoms with Gasteiger partial charge < -0.3 is 14.6 Å². The van der Waals surface area contributed by atoms with E-state index < -0.39 is 0 Å². The Hall–Kier alpha value is -1.24. The van der Waals surface area contributed by atoms with Crippen LogP contribution >= 0.6 is 11.3 Å². The Bertz CT molecular complexity index is 480. The second-order valence-corrected chi connectivity index (χ2v) is 5.37. The molecule has 5 nitrogen and oxygen atoms in total. The molecule has 0 aromatic carbocycles. The Kier molecular flexibility index (Phi) is 4.86. The van der Waals surface area contributed by atoms with E-state index in [2.05, 4.69) is 26.0 Å². The standard InChI is InChI=1S/C12H18N4OS/c1-10-14-6-12(18-10)8-16-7-11(15-9-16)5-13-3-4-17-2/h6-7,9,13H,3-5,8H2,1-2H3. The molecule has 0 saturated carbocycles. The molecule has 0 amide bonds. The fourth-order valence-corrected chi connectivity index (χ4v) is 2.44. The lowest BCUT2D eigenvalue weighted by Crippen LogP contribution is -2.18. The van der Waals surface area contributed by atoms with Crippen molar-refractivity contribution in [3.8, 4) is 0 Å². The third-order valence-corrected chi connectivity index (χ3v) is 3.38. The summed E-state index contributed by atoms with van der Waals surface area (Å²) in [4.78, 5) is 9.86. The molecule has 0 aliphatic rings. The van der Waals surface area contributed by atoms with Crippen molar-refractivity contribution in [1.82, 2.24) is 19.9 Å². The Labute approximate surface area is 111 Å². The van der Waals surface area contributed by atoms with Crippen molar-refractivity contribution in [1.29, 1.82) is 0 Å². The number of aryl methyl sites for hydroxylation is 1. The van der Waals surface area contributed by atoms with E-state index in [0.717, 1.165) is 36.9 Å². The predicted molar refractivity (Wildman–Crippen MR) is 71.8 cm³/mol. The molecule has 0 unspecified atom stereocenters. The molecule has 0 aliphatic heterocycles. The first-order valence-electron chi connectivity index (χ1n) is 5.89. The van der Waals surface area contributed by atoms with Gasteiger partial charge in [-0.1, -0.05) is 0 Å². The number of nitrogens with one attached hydrogen (secondary N) is 1. The number of hydrogen-bond donors (Lipinski definition) is 1. The zero-order chi connectivity index (χ0) is 12.8. The van der Waals surface area contributed by atoms with Crippen LogP contribution in [0.2, 0.25) is 0 Å². The van der Waals surface area contributed by atoms with Crippen molar-refractivity contribution in [3.05, 3.63) is 34.3 Å². The van der Waals surface area contributed by atoms with Crippen LogP contribution in [0.25, 0.3) is 0 Å². The average molecular weight is 266 g/mol. The van der Waals surface area contributed by atoms with E-state index in [0.29, 0.717) is 0 Å². The molecular weight excluding hydrogens is 248 g/mol. The first-order chi connectivity index (χ1) is 8.78. The van der Waals surface area contributed by atoms with Crippen LogP contribution in [0.15, 0.2) is 18.7 Å². The number of aromatic nitrogens is 3. The van der Waals surface area contributed by atoms with E-state index in [1.165, 1.54) is 4.88 Å². The summed E-state index contributed by atoms with van der Waals surface area (Å²) in [5.41, 5.74) is 1.05. The molecule has 0 spiro atoms. The van der Waals surface area contributed by atoms with Crippen LogP contribution in [0, 0.1) is 6.92 Å². The molecule has 0 radical (unpaired) electrons. The van der Waals surface area contributed by atoms with Crippen molar-refractivity contribution < 1.29 is 4.74 Å². The van der Waals surface area contributed by atoms with Gasteiger partial charge in [0.1, 0.15) is 0 Å². The predicted octanol–water partition coefficient (Wildman–Crippen LogP) is 1.43. The van der Waals surface area contributed by atoms with Gasteiger partial charge in [0.2, 0.25) is 0 Å². The molecule has 0 bridgehead atoms. The first kappa shape index (κ1) is 13.2. The number of rotatable bonds is 7. The minimum atomic E-state index is 0.723. The minimum absolute atomic E-state index is 0.723. The number of imidazole rings is 1. The van der Waals surface area contributed by atoms with Gasteiger partial charge in [0, 0.05) is 37.5 Å². The smallest absolute Gasteiger partial charge is 0.0953 e. The van der Waals surface area contributed by atoms with Gasteiger partial charge in [-0.3, -0.25) is 0 Å². The molecule has 6 heteroatoms. The third-order valence-electron chi connectivity index (χ3n) is 2.48. The van der Waals surface area contributed by atoms with E-state index in [-0.39, 0.29) is 0 Å². The maximum Gasteiger partial charge on any atom is 0.0953 e. The lowest BCUT2D eigenvalue weighted by Gasteiger charge is -2.00. The molecule has 18 heavy (non-hydrogen) atoms. The van der Waals surface area contributed by atoms with Gasteiger partial charge in [0.15, 0.2) is 0 Å². The Balaban J connectivity index is 1.82. The van der Waals surface area contributed by atoms with Gasteiger partial charge in [0.05, 0.1) is 30.2 Å². The molecule has 98 valence electrons. The molecule has 1 N–H and O–H groups in total. The molecule has 0 saturated heterocycles. The highest BCUT2D eigenvalue weighted by Gasteiger charge is 2.02. The summed E-state index contributed by atoms with van der Waals surface area (Å²) in [7, 11) is 1.70. The van der Waals surface area contributed by atoms with Gasteiger partial charge >= 0.3 is 0 Å². The van der Waals surface area contributed by atoms with Crippen LogP contribution in [-0.4, -0.2) is 34.8 Å². The molecule has 2 aromatic rings. The van der Waals surface area contributed by atoms with Crippen LogP contribution in [0.4, 0.5) is 0 Å². The highest BCUT2D eigenvalue weighted by molar-refractivity contribution is 7.11. The summed E-state index contributed by atoms with van der Waals surface area (Å²) < 4.78 is 7.06. The van der Waals surface area contributed by atoms with Crippen molar-refractivity contribution in [2.45, 2.75) is 20.0 Å². The Morgan fingerprint density at radius 2 is 2.33 bits per heavy atom. The molecule has 2 rings (SSSR count). The van der Waals surface area contributed by atoms with Crippen LogP contribution in [0.1, 0.15) is 15.6 Å². The Morgan fingerprint density at radius 3 is 3.06 bits per heavy atom. The van der Waals surface area contributed by atoms with E-state index in [1.54, 1.807) is 18.4 Å². The minimum Gasteiger partial charge on any atom is -0.383 e. The van der Waals surface area contributed by atoms with Crippen LogP contribution in [-0.2, 0) is 17.8 Å². The van der Waals surface area contributed by atoms with E-state index in [9.17, 15) is 0 Å². The fourth-order valence-electron chi connectivity index (χ4n) is 1.63. The number of thiazole rings is 1. The van der Waals surface area contributed by atoms with E-state index >= 15 is 0 Å². The lowest BCUT2D eigenvalue weighted by molar-refractivity contribution is 0.199. The number of ether oxygens (including phenoxy) is 1. The van der Waals surface area contributed by atoms with Gasteiger partial charge in [-0.15, -0.1) is 11.3 Å². The monoisotopic (exact) mass is 266 g/mol. The Morgan fingerprint density at radius 1 is 1.44 bits per heavy atom. The molecule has 0 fully saturated rings. The summed E-state index contributed by atoms with van der Waals surface area (Å²) in [6, 6.07) is 0. The van der Waals surface area contributed by atoms with Gasteiger partial charge in [-0.25, -0.2) is 9.97 Å². The second-order valence-electron chi connectivity index (χ2n) is 4.05. The number of hydrogen-bond acceptors (Lipinski definition) is 5.